The van der Waals surface area contributed by atoms with Gasteiger partial charge in [0.25, 0.3) is 5.91 Å². The molecule has 2 rings (SSSR count). The molecule has 0 aromatic carbocycles. The molecule has 0 unspecified atom stereocenters. The molecular formula is C12H17N3O. The summed E-state index contributed by atoms with van der Waals surface area (Å²) >= 11 is 0. The van der Waals surface area contributed by atoms with Gasteiger partial charge >= 0.3 is 0 Å². The van der Waals surface area contributed by atoms with Crippen LogP contribution in [0.4, 0.5) is 0 Å². The van der Waals surface area contributed by atoms with Crippen LogP contribution in [-0.2, 0) is 0 Å². The predicted octanol–water partition coefficient (Wildman–Crippen LogP) is 0.872. The molecular weight excluding hydrogens is 202 g/mol. The van der Waals surface area contributed by atoms with Gasteiger partial charge in [-0.1, -0.05) is 0 Å². The minimum absolute atomic E-state index is 0.0267. The van der Waals surface area contributed by atoms with Crippen molar-refractivity contribution < 1.29 is 4.79 Å². The Bertz CT molecular complexity index is 355. The summed E-state index contributed by atoms with van der Waals surface area (Å²) < 4.78 is 0. The van der Waals surface area contributed by atoms with Crippen molar-refractivity contribution in [2.24, 2.45) is 0 Å². The van der Waals surface area contributed by atoms with E-state index in [1.54, 1.807) is 6.20 Å². The molecule has 2 heterocycles. The number of carbonyl (C=O) groups is 1. The Balaban J connectivity index is 1.94. The number of piperidine rings is 1. The lowest BCUT2D eigenvalue weighted by molar-refractivity contribution is 0.0930. The van der Waals surface area contributed by atoms with Crippen molar-refractivity contribution in [2.45, 2.75) is 25.8 Å². The van der Waals surface area contributed by atoms with Crippen LogP contribution in [0.3, 0.4) is 0 Å². The molecule has 4 nitrogen and oxygen atoms in total. The van der Waals surface area contributed by atoms with Gasteiger partial charge in [0.05, 0.1) is 5.56 Å². The van der Waals surface area contributed by atoms with E-state index in [0.29, 0.717) is 5.56 Å². The molecule has 1 aliphatic rings. The largest absolute Gasteiger partial charge is 0.348 e. The van der Waals surface area contributed by atoms with Gasteiger partial charge in [0.2, 0.25) is 0 Å². The first kappa shape index (κ1) is 11.1. The lowest BCUT2D eigenvalue weighted by atomic mass is 10.1. The van der Waals surface area contributed by atoms with Gasteiger partial charge in [0.15, 0.2) is 0 Å². The van der Waals surface area contributed by atoms with Crippen molar-refractivity contribution >= 4 is 5.91 Å². The molecule has 16 heavy (non-hydrogen) atoms. The minimum Gasteiger partial charge on any atom is -0.348 e. The highest BCUT2D eigenvalue weighted by Crippen LogP contribution is 2.04. The lowest BCUT2D eigenvalue weighted by Crippen LogP contribution is -2.45. The van der Waals surface area contributed by atoms with Crippen molar-refractivity contribution in [2.75, 3.05) is 13.1 Å². The van der Waals surface area contributed by atoms with Crippen molar-refractivity contribution in [1.82, 2.24) is 15.6 Å². The van der Waals surface area contributed by atoms with Crippen LogP contribution in [0.1, 0.15) is 28.9 Å². The molecule has 1 atom stereocenters. The smallest absolute Gasteiger partial charge is 0.253 e. The summed E-state index contributed by atoms with van der Waals surface area (Å²) in [7, 11) is 0. The number of carbonyl (C=O) groups excluding carboxylic acids is 1. The Labute approximate surface area is 95.5 Å². The van der Waals surface area contributed by atoms with Crippen LogP contribution < -0.4 is 10.6 Å². The molecule has 0 aliphatic carbocycles. The van der Waals surface area contributed by atoms with Crippen molar-refractivity contribution in [3.05, 3.63) is 29.6 Å². The molecule has 1 amide bonds. The van der Waals surface area contributed by atoms with Crippen LogP contribution in [0.2, 0.25) is 0 Å². The number of amides is 1. The maximum Gasteiger partial charge on any atom is 0.253 e. The van der Waals surface area contributed by atoms with E-state index in [1.807, 2.05) is 19.1 Å². The monoisotopic (exact) mass is 219 g/mol. The quantitative estimate of drug-likeness (QED) is 0.776. The molecule has 0 bridgehead atoms. The number of rotatable bonds is 2. The summed E-state index contributed by atoms with van der Waals surface area (Å²) in [6.07, 6.45) is 3.80. The average Bonchev–Trinajstić information content (AvgIpc) is 2.31. The third-order valence-electron chi connectivity index (χ3n) is 2.81. The Kier molecular flexibility index (Phi) is 3.51. The first-order chi connectivity index (χ1) is 7.75. The fourth-order valence-corrected chi connectivity index (χ4v) is 1.85. The van der Waals surface area contributed by atoms with Crippen LogP contribution in [0, 0.1) is 6.92 Å². The molecule has 1 aromatic heterocycles. The summed E-state index contributed by atoms with van der Waals surface area (Å²) in [5.41, 5.74) is 1.56. The highest BCUT2D eigenvalue weighted by molar-refractivity contribution is 5.94. The van der Waals surface area contributed by atoms with Crippen LogP contribution in [0.25, 0.3) is 0 Å². The highest BCUT2D eigenvalue weighted by atomic mass is 16.1. The summed E-state index contributed by atoms with van der Waals surface area (Å²) in [5, 5.41) is 6.28. The Morgan fingerprint density at radius 1 is 1.56 bits per heavy atom. The van der Waals surface area contributed by atoms with Gasteiger partial charge in [-0.25, -0.2) is 0 Å². The van der Waals surface area contributed by atoms with Gasteiger partial charge < -0.3 is 10.6 Å². The van der Waals surface area contributed by atoms with Crippen molar-refractivity contribution in [3.63, 3.8) is 0 Å². The zero-order chi connectivity index (χ0) is 11.4. The third kappa shape index (κ3) is 2.79. The molecule has 1 saturated heterocycles. The van der Waals surface area contributed by atoms with Gasteiger partial charge in [-0.3, -0.25) is 9.78 Å². The van der Waals surface area contributed by atoms with Crippen molar-refractivity contribution in [1.29, 1.82) is 0 Å². The fourth-order valence-electron chi connectivity index (χ4n) is 1.85. The molecule has 2 N–H and O–H groups in total. The number of aryl methyl sites for hydroxylation is 1. The number of aromatic nitrogens is 1. The zero-order valence-corrected chi connectivity index (χ0v) is 9.49. The molecule has 86 valence electrons. The Hall–Kier alpha value is -1.42. The molecule has 1 aromatic rings. The van der Waals surface area contributed by atoms with E-state index in [-0.39, 0.29) is 11.9 Å². The number of nitrogens with one attached hydrogen (secondary N) is 2. The summed E-state index contributed by atoms with van der Waals surface area (Å²) in [5.74, 6) is -0.0267. The first-order valence-electron chi connectivity index (χ1n) is 5.70. The number of pyridine rings is 1. The predicted molar refractivity (Wildman–Crippen MR) is 62.3 cm³/mol. The Morgan fingerprint density at radius 2 is 2.44 bits per heavy atom. The molecule has 1 fully saturated rings. The summed E-state index contributed by atoms with van der Waals surface area (Å²) in [6.45, 7) is 3.83. The van der Waals surface area contributed by atoms with Gasteiger partial charge in [-0.05, 0) is 38.4 Å². The third-order valence-corrected chi connectivity index (χ3v) is 2.81. The van der Waals surface area contributed by atoms with E-state index in [1.165, 1.54) is 0 Å². The van der Waals surface area contributed by atoms with Crippen molar-refractivity contribution in [3.8, 4) is 0 Å². The SMILES string of the molecule is Cc1ccc(C(=O)N[C@H]2CCCNC2)cn1. The average molecular weight is 219 g/mol. The van der Waals surface area contributed by atoms with Crippen LogP contribution in [-0.4, -0.2) is 30.0 Å². The minimum atomic E-state index is -0.0267. The van der Waals surface area contributed by atoms with Crippen LogP contribution in [0.5, 0.6) is 0 Å². The van der Waals surface area contributed by atoms with Gasteiger partial charge in [0.1, 0.15) is 0 Å². The lowest BCUT2D eigenvalue weighted by Gasteiger charge is -2.23. The van der Waals surface area contributed by atoms with E-state index in [4.69, 9.17) is 0 Å². The molecule has 4 heteroatoms. The second-order valence-corrected chi connectivity index (χ2v) is 4.20. The molecule has 0 saturated carbocycles. The van der Waals surface area contributed by atoms with E-state index >= 15 is 0 Å². The van der Waals surface area contributed by atoms with E-state index in [2.05, 4.69) is 15.6 Å². The summed E-state index contributed by atoms with van der Waals surface area (Å²) in [4.78, 5) is 16.0. The molecule has 0 radical (unpaired) electrons. The second kappa shape index (κ2) is 5.07. The van der Waals surface area contributed by atoms with Gasteiger partial charge in [0, 0.05) is 24.5 Å². The second-order valence-electron chi connectivity index (χ2n) is 4.20. The van der Waals surface area contributed by atoms with Gasteiger partial charge in [-0.15, -0.1) is 0 Å². The maximum atomic E-state index is 11.8. The number of hydrogen-bond donors (Lipinski definition) is 2. The molecule has 0 spiro atoms. The van der Waals surface area contributed by atoms with E-state index < -0.39 is 0 Å². The normalized spacial score (nSPS) is 20.4. The first-order valence-corrected chi connectivity index (χ1v) is 5.70. The standard InChI is InChI=1S/C12H17N3O/c1-9-4-5-10(7-14-9)12(16)15-11-3-2-6-13-8-11/h4-5,7,11,13H,2-3,6,8H2,1H3,(H,15,16)/t11-/m0/s1. The van der Waals surface area contributed by atoms with Crippen LogP contribution in [0.15, 0.2) is 18.3 Å². The Morgan fingerprint density at radius 3 is 3.06 bits per heavy atom. The molecule has 1 aliphatic heterocycles. The van der Waals surface area contributed by atoms with E-state index in [9.17, 15) is 4.79 Å². The number of nitrogens with zero attached hydrogens (tertiary/aromatic N) is 1. The maximum absolute atomic E-state index is 11.8. The summed E-state index contributed by atoms with van der Waals surface area (Å²) in [6, 6.07) is 3.92. The topological polar surface area (TPSA) is 54.0 Å². The van der Waals surface area contributed by atoms with Crippen LogP contribution >= 0.6 is 0 Å². The highest BCUT2D eigenvalue weighted by Gasteiger charge is 2.16. The number of hydrogen-bond acceptors (Lipinski definition) is 3. The van der Waals surface area contributed by atoms with E-state index in [0.717, 1.165) is 31.6 Å². The zero-order valence-electron chi connectivity index (χ0n) is 9.49. The van der Waals surface area contributed by atoms with Gasteiger partial charge in [-0.2, -0.15) is 0 Å². The fraction of sp³-hybridized carbons (Fsp3) is 0.500.